The van der Waals surface area contributed by atoms with Crippen LogP contribution in [0.3, 0.4) is 0 Å². The van der Waals surface area contributed by atoms with Crippen molar-refractivity contribution in [3.63, 3.8) is 0 Å². The Morgan fingerprint density at radius 2 is 1.88 bits per heavy atom. The monoisotopic (exact) mass is 342 g/mol. The molecule has 1 aliphatic rings. The summed E-state index contributed by atoms with van der Waals surface area (Å²) in [6.45, 7) is 5.44. The zero-order chi connectivity index (χ0) is 16.9. The molecule has 0 amide bonds. The van der Waals surface area contributed by atoms with Gasteiger partial charge in [-0.05, 0) is 48.8 Å². The first-order valence-corrected chi connectivity index (χ1v) is 8.61. The standard InChI is InChI=1S/C19H22N2O2S/c1-3-16(15-7-5-4-6-13(15)2)21-19(24)20-14-8-9-17-18(12-14)23-11-10-22-17/h4-9,12,16H,3,10-11H2,1-2H3,(H2,20,21,24)/t16-/m0/s1. The third-order valence-electron chi connectivity index (χ3n) is 4.08. The van der Waals surface area contributed by atoms with Gasteiger partial charge >= 0.3 is 0 Å². The lowest BCUT2D eigenvalue weighted by molar-refractivity contribution is 0.171. The first kappa shape index (κ1) is 16.6. The van der Waals surface area contributed by atoms with Gasteiger partial charge in [0.2, 0.25) is 0 Å². The van der Waals surface area contributed by atoms with E-state index < -0.39 is 0 Å². The van der Waals surface area contributed by atoms with Crippen LogP contribution in [-0.2, 0) is 0 Å². The van der Waals surface area contributed by atoms with Gasteiger partial charge in [-0.15, -0.1) is 0 Å². The Morgan fingerprint density at radius 3 is 2.62 bits per heavy atom. The topological polar surface area (TPSA) is 42.5 Å². The Morgan fingerprint density at radius 1 is 1.12 bits per heavy atom. The molecule has 4 nitrogen and oxygen atoms in total. The van der Waals surface area contributed by atoms with Gasteiger partial charge in [0.25, 0.3) is 0 Å². The van der Waals surface area contributed by atoms with Crippen LogP contribution in [0, 0.1) is 6.92 Å². The highest BCUT2D eigenvalue weighted by atomic mass is 32.1. The summed E-state index contributed by atoms with van der Waals surface area (Å²) in [6.07, 6.45) is 0.952. The molecule has 0 fully saturated rings. The van der Waals surface area contributed by atoms with E-state index in [0.29, 0.717) is 18.3 Å². The number of rotatable bonds is 4. The van der Waals surface area contributed by atoms with Gasteiger partial charge in [0.15, 0.2) is 16.6 Å². The van der Waals surface area contributed by atoms with Crippen molar-refractivity contribution in [2.24, 2.45) is 0 Å². The molecule has 5 heteroatoms. The van der Waals surface area contributed by atoms with Crippen LogP contribution in [0.2, 0.25) is 0 Å². The van der Waals surface area contributed by atoms with Crippen LogP contribution < -0.4 is 20.1 Å². The van der Waals surface area contributed by atoms with Gasteiger partial charge in [-0.25, -0.2) is 0 Å². The quantitative estimate of drug-likeness (QED) is 0.815. The summed E-state index contributed by atoms with van der Waals surface area (Å²) in [5.74, 6) is 1.53. The number of hydrogen-bond donors (Lipinski definition) is 2. The number of ether oxygens (including phenoxy) is 2. The zero-order valence-electron chi connectivity index (χ0n) is 14.0. The molecule has 0 saturated heterocycles. The summed E-state index contributed by atoms with van der Waals surface area (Å²) in [5, 5.41) is 7.23. The molecule has 1 heterocycles. The molecule has 1 atom stereocenters. The minimum absolute atomic E-state index is 0.184. The number of thiocarbonyl (C=S) groups is 1. The fourth-order valence-electron chi connectivity index (χ4n) is 2.82. The SMILES string of the molecule is CC[C@H](NC(=S)Nc1ccc2c(c1)OCCO2)c1ccccc1C. The molecule has 0 unspecified atom stereocenters. The van der Waals surface area contributed by atoms with Crippen LogP contribution in [0.15, 0.2) is 42.5 Å². The van der Waals surface area contributed by atoms with E-state index in [-0.39, 0.29) is 6.04 Å². The lowest BCUT2D eigenvalue weighted by Gasteiger charge is -2.22. The highest BCUT2D eigenvalue weighted by Crippen LogP contribution is 2.32. The van der Waals surface area contributed by atoms with Gasteiger partial charge in [0.05, 0.1) is 6.04 Å². The van der Waals surface area contributed by atoms with Gasteiger partial charge in [0, 0.05) is 11.8 Å². The summed E-state index contributed by atoms with van der Waals surface area (Å²) < 4.78 is 11.1. The van der Waals surface area contributed by atoms with Crippen molar-refractivity contribution in [2.45, 2.75) is 26.3 Å². The smallest absolute Gasteiger partial charge is 0.171 e. The van der Waals surface area contributed by atoms with Crippen LogP contribution >= 0.6 is 12.2 Å². The van der Waals surface area contributed by atoms with E-state index in [1.807, 2.05) is 18.2 Å². The van der Waals surface area contributed by atoms with Crippen molar-refractivity contribution < 1.29 is 9.47 Å². The van der Waals surface area contributed by atoms with Crippen molar-refractivity contribution in [1.29, 1.82) is 0 Å². The number of benzene rings is 2. The molecular weight excluding hydrogens is 320 g/mol. The van der Waals surface area contributed by atoms with E-state index in [2.05, 4.69) is 48.7 Å². The lowest BCUT2D eigenvalue weighted by atomic mass is 10.00. The number of aryl methyl sites for hydroxylation is 1. The van der Waals surface area contributed by atoms with Gasteiger partial charge in [-0.3, -0.25) is 0 Å². The predicted octanol–water partition coefficient (Wildman–Crippen LogP) is 4.20. The molecule has 0 bridgehead atoms. The number of nitrogens with one attached hydrogen (secondary N) is 2. The Labute approximate surface area is 148 Å². The molecule has 0 radical (unpaired) electrons. The Bertz CT molecular complexity index is 733. The molecule has 2 aromatic rings. The molecule has 0 aliphatic carbocycles. The van der Waals surface area contributed by atoms with Crippen molar-refractivity contribution in [3.05, 3.63) is 53.6 Å². The zero-order valence-corrected chi connectivity index (χ0v) is 14.8. The van der Waals surface area contributed by atoms with Crippen molar-refractivity contribution in [3.8, 4) is 11.5 Å². The molecule has 24 heavy (non-hydrogen) atoms. The van der Waals surface area contributed by atoms with Crippen LogP contribution in [0.25, 0.3) is 0 Å². The second kappa shape index (κ2) is 7.53. The third kappa shape index (κ3) is 3.79. The van der Waals surface area contributed by atoms with Crippen LogP contribution in [-0.4, -0.2) is 18.3 Å². The normalized spacial score (nSPS) is 13.9. The van der Waals surface area contributed by atoms with Crippen LogP contribution in [0.5, 0.6) is 11.5 Å². The highest BCUT2D eigenvalue weighted by molar-refractivity contribution is 7.80. The summed E-state index contributed by atoms with van der Waals surface area (Å²) in [6, 6.07) is 14.3. The second-order valence-electron chi connectivity index (χ2n) is 5.77. The summed E-state index contributed by atoms with van der Waals surface area (Å²) >= 11 is 5.48. The maximum absolute atomic E-state index is 5.60. The first-order chi connectivity index (χ1) is 11.7. The number of anilines is 1. The molecule has 126 valence electrons. The summed E-state index contributed by atoms with van der Waals surface area (Å²) in [7, 11) is 0. The largest absolute Gasteiger partial charge is 0.486 e. The van der Waals surface area contributed by atoms with Gasteiger partial charge in [-0.1, -0.05) is 31.2 Å². The van der Waals surface area contributed by atoms with Gasteiger partial charge < -0.3 is 20.1 Å². The summed E-state index contributed by atoms with van der Waals surface area (Å²) in [5.41, 5.74) is 3.42. The van der Waals surface area contributed by atoms with E-state index in [1.54, 1.807) is 0 Å². The van der Waals surface area contributed by atoms with Crippen molar-refractivity contribution in [2.75, 3.05) is 18.5 Å². The van der Waals surface area contributed by atoms with E-state index >= 15 is 0 Å². The molecule has 0 spiro atoms. The molecule has 2 N–H and O–H groups in total. The fourth-order valence-corrected chi connectivity index (χ4v) is 3.08. The Balaban J connectivity index is 1.67. The maximum atomic E-state index is 5.60. The van der Waals surface area contributed by atoms with Gasteiger partial charge in [-0.2, -0.15) is 0 Å². The molecule has 3 rings (SSSR count). The van der Waals surface area contributed by atoms with Gasteiger partial charge in [0.1, 0.15) is 13.2 Å². The Kier molecular flexibility index (Phi) is 5.20. The molecule has 1 aliphatic heterocycles. The fraction of sp³-hybridized carbons (Fsp3) is 0.316. The van der Waals surface area contributed by atoms with Crippen molar-refractivity contribution >= 4 is 23.0 Å². The average Bonchev–Trinajstić information content (AvgIpc) is 2.60. The Hall–Kier alpha value is -2.27. The molecule has 0 saturated carbocycles. The van der Waals surface area contributed by atoms with E-state index in [9.17, 15) is 0 Å². The molecule has 2 aromatic carbocycles. The minimum Gasteiger partial charge on any atom is -0.486 e. The molecular formula is C19H22N2O2S. The number of fused-ring (bicyclic) bond motifs is 1. The summed E-state index contributed by atoms with van der Waals surface area (Å²) in [4.78, 5) is 0. The van der Waals surface area contributed by atoms with Crippen molar-refractivity contribution in [1.82, 2.24) is 5.32 Å². The lowest BCUT2D eigenvalue weighted by Crippen LogP contribution is -2.32. The minimum atomic E-state index is 0.184. The average molecular weight is 342 g/mol. The maximum Gasteiger partial charge on any atom is 0.171 e. The highest BCUT2D eigenvalue weighted by Gasteiger charge is 2.14. The first-order valence-electron chi connectivity index (χ1n) is 8.20. The van der Waals surface area contributed by atoms with Crippen LogP contribution in [0.1, 0.15) is 30.5 Å². The predicted molar refractivity (Wildman–Crippen MR) is 101 cm³/mol. The van der Waals surface area contributed by atoms with E-state index in [1.165, 1.54) is 11.1 Å². The van der Waals surface area contributed by atoms with Crippen LogP contribution in [0.4, 0.5) is 5.69 Å². The second-order valence-corrected chi connectivity index (χ2v) is 6.18. The molecule has 0 aromatic heterocycles. The number of hydrogen-bond acceptors (Lipinski definition) is 3. The van der Waals surface area contributed by atoms with E-state index in [0.717, 1.165) is 23.6 Å². The third-order valence-corrected chi connectivity index (χ3v) is 4.30. The van der Waals surface area contributed by atoms with E-state index in [4.69, 9.17) is 21.7 Å².